The summed E-state index contributed by atoms with van der Waals surface area (Å²) < 4.78 is 69.0. The Kier molecular flexibility index (Phi) is 78.8. The minimum Gasteiger partial charge on any atom is -0.462 e. The number of aliphatic hydroxyl groups excluding tert-OH is 1. The average molecular weight is 1580 g/mol. The van der Waals surface area contributed by atoms with Gasteiger partial charge in [0.1, 0.15) is 19.3 Å². The lowest BCUT2D eigenvalue weighted by atomic mass is 9.99. The molecule has 108 heavy (non-hydrogen) atoms. The number of ether oxygens (including phenoxy) is 4. The van der Waals surface area contributed by atoms with Gasteiger partial charge in [0.2, 0.25) is 0 Å². The Morgan fingerprint density at radius 2 is 0.472 bits per heavy atom. The lowest BCUT2D eigenvalue weighted by Crippen LogP contribution is -2.30. The molecule has 6 atom stereocenters. The average Bonchev–Trinajstić information content (AvgIpc) is 0.900. The van der Waals surface area contributed by atoms with Crippen molar-refractivity contribution < 1.29 is 80.2 Å². The maximum absolute atomic E-state index is 13.2. The second kappa shape index (κ2) is 80.3. The molecule has 0 aromatic carbocycles. The van der Waals surface area contributed by atoms with Crippen molar-refractivity contribution in [3.63, 3.8) is 0 Å². The highest BCUT2D eigenvalue weighted by molar-refractivity contribution is 7.47. The Bertz CT molecular complexity index is 2070. The molecule has 19 heteroatoms. The highest BCUT2D eigenvalue weighted by atomic mass is 31.2. The van der Waals surface area contributed by atoms with Gasteiger partial charge >= 0.3 is 39.5 Å². The van der Waals surface area contributed by atoms with Crippen molar-refractivity contribution in [2.24, 2.45) is 11.8 Å². The molecule has 0 rings (SSSR count). The van der Waals surface area contributed by atoms with Crippen molar-refractivity contribution in [3.05, 3.63) is 0 Å². The lowest BCUT2D eigenvalue weighted by Gasteiger charge is -2.21. The van der Waals surface area contributed by atoms with Crippen LogP contribution in [0.4, 0.5) is 0 Å². The molecule has 0 aromatic rings. The monoisotopic (exact) mass is 1580 g/mol. The van der Waals surface area contributed by atoms with Crippen LogP contribution in [-0.2, 0) is 65.4 Å². The fourth-order valence-corrected chi connectivity index (χ4v) is 15.5. The van der Waals surface area contributed by atoms with Crippen molar-refractivity contribution in [2.75, 3.05) is 39.6 Å². The number of aliphatic hydroxyl groups is 1. The predicted octanol–water partition coefficient (Wildman–Crippen LogP) is 27.4. The fraction of sp³-hybridized carbons (Fsp3) is 0.955. The Hall–Kier alpha value is -1.94. The maximum atomic E-state index is 13.2. The highest BCUT2D eigenvalue weighted by Gasteiger charge is 2.31. The van der Waals surface area contributed by atoms with Crippen LogP contribution in [0.5, 0.6) is 0 Å². The maximum Gasteiger partial charge on any atom is 0.472 e. The summed E-state index contributed by atoms with van der Waals surface area (Å²) in [5, 5.41) is 10.7. The van der Waals surface area contributed by atoms with E-state index in [1.54, 1.807) is 0 Å². The smallest absolute Gasteiger partial charge is 0.462 e. The Labute approximate surface area is 664 Å². The van der Waals surface area contributed by atoms with Crippen LogP contribution >= 0.6 is 15.6 Å². The highest BCUT2D eigenvalue weighted by Crippen LogP contribution is 2.45. The second-order valence-electron chi connectivity index (χ2n) is 32.7. The molecule has 0 radical (unpaired) electrons. The van der Waals surface area contributed by atoms with E-state index in [4.69, 9.17) is 37.0 Å². The van der Waals surface area contributed by atoms with Gasteiger partial charge in [-0.25, -0.2) is 9.13 Å². The molecule has 0 aliphatic carbocycles. The molecule has 0 aliphatic heterocycles. The summed E-state index contributed by atoms with van der Waals surface area (Å²) in [4.78, 5) is 73.4. The van der Waals surface area contributed by atoms with Gasteiger partial charge < -0.3 is 33.8 Å². The largest absolute Gasteiger partial charge is 0.472 e. The van der Waals surface area contributed by atoms with E-state index in [-0.39, 0.29) is 25.7 Å². The van der Waals surface area contributed by atoms with Crippen LogP contribution in [0, 0.1) is 11.8 Å². The minimum absolute atomic E-state index is 0.107. The molecule has 0 spiro atoms. The molecule has 3 unspecified atom stereocenters. The number of rotatable bonds is 88. The molecule has 0 aliphatic rings. The second-order valence-corrected chi connectivity index (χ2v) is 35.6. The molecule has 0 aromatic heterocycles. The van der Waals surface area contributed by atoms with E-state index in [2.05, 4.69) is 41.5 Å². The van der Waals surface area contributed by atoms with Crippen LogP contribution in [0.2, 0.25) is 0 Å². The summed E-state index contributed by atoms with van der Waals surface area (Å²) in [7, 11) is -9.93. The van der Waals surface area contributed by atoms with Gasteiger partial charge in [-0.2, -0.15) is 0 Å². The fourth-order valence-electron chi connectivity index (χ4n) is 13.9. The van der Waals surface area contributed by atoms with Gasteiger partial charge in [-0.1, -0.05) is 427 Å². The molecule has 0 saturated heterocycles. The summed E-state index contributed by atoms with van der Waals surface area (Å²) in [6.45, 7) is 9.71. The van der Waals surface area contributed by atoms with E-state index < -0.39 is 97.5 Å². The summed E-state index contributed by atoms with van der Waals surface area (Å²) >= 11 is 0. The van der Waals surface area contributed by atoms with Gasteiger partial charge in [-0.15, -0.1) is 0 Å². The molecule has 0 amide bonds. The minimum atomic E-state index is -4.97. The topological polar surface area (TPSA) is 237 Å². The van der Waals surface area contributed by atoms with Crippen molar-refractivity contribution >= 4 is 39.5 Å². The van der Waals surface area contributed by atoms with Gasteiger partial charge in [0.05, 0.1) is 26.4 Å². The number of phosphoric ester groups is 2. The third-order valence-electron chi connectivity index (χ3n) is 21.3. The van der Waals surface area contributed by atoms with E-state index in [0.29, 0.717) is 25.7 Å². The van der Waals surface area contributed by atoms with Crippen molar-refractivity contribution in [1.82, 2.24) is 0 Å². The first kappa shape index (κ1) is 106. The number of carbonyl (C=O) groups excluding carboxylic acids is 4. The molecular formula is C89H174O17P2. The zero-order valence-electron chi connectivity index (χ0n) is 71.2. The number of unbranched alkanes of at least 4 members (excludes halogenated alkanes) is 57. The summed E-state index contributed by atoms with van der Waals surface area (Å²) in [6.07, 6.45) is 73.6. The Balaban J connectivity index is 5.25. The lowest BCUT2D eigenvalue weighted by molar-refractivity contribution is -0.161. The van der Waals surface area contributed by atoms with Crippen LogP contribution in [-0.4, -0.2) is 96.7 Å². The molecule has 0 saturated carbocycles. The van der Waals surface area contributed by atoms with Crippen molar-refractivity contribution in [2.45, 2.75) is 496 Å². The molecular weight excluding hydrogens is 1400 g/mol. The molecule has 0 fully saturated rings. The Morgan fingerprint density at radius 1 is 0.269 bits per heavy atom. The molecule has 17 nitrogen and oxygen atoms in total. The summed E-state index contributed by atoms with van der Waals surface area (Å²) in [5.41, 5.74) is 0. The van der Waals surface area contributed by atoms with Crippen molar-refractivity contribution in [1.29, 1.82) is 0 Å². The first-order valence-corrected chi connectivity index (χ1v) is 49.0. The van der Waals surface area contributed by atoms with E-state index in [1.807, 2.05) is 0 Å². The molecule has 0 heterocycles. The molecule has 0 bridgehead atoms. The number of phosphoric acid groups is 2. The van der Waals surface area contributed by atoms with Crippen LogP contribution in [0.1, 0.15) is 478 Å². The quantitative estimate of drug-likeness (QED) is 0.0222. The van der Waals surface area contributed by atoms with E-state index in [9.17, 15) is 43.2 Å². The standard InChI is InChI=1S/C89H174O17P2/c1-7-10-12-14-16-18-20-22-24-26-28-29-30-31-33-35-39-43-47-55-61-67-73-88(93)105-84(77-99-86(91)71-65-59-53-46-42-38-34-32-27-25-23-21-19-17-15-13-11-8-2)79-103-107(95,96)101-75-83(90)76-102-108(97,98)104-80-85(78-100-87(92)72-66-60-54-50-49-52-58-64-70-82(6)9-3)106-89(94)74-68-62-56-48-44-40-36-37-41-45-51-57-63-69-81(4)5/h81-85,90H,7-80H2,1-6H3,(H,95,96)(H,97,98)/t82?,83-,84-,85-/m1/s1. The summed E-state index contributed by atoms with van der Waals surface area (Å²) in [6, 6.07) is 0. The van der Waals surface area contributed by atoms with Gasteiger partial charge in [0.25, 0.3) is 0 Å². The first-order valence-electron chi connectivity index (χ1n) is 46.0. The first-order chi connectivity index (χ1) is 52.4. The third kappa shape index (κ3) is 80.7. The van der Waals surface area contributed by atoms with Gasteiger partial charge in [0.15, 0.2) is 12.2 Å². The number of carbonyl (C=O) groups is 4. The molecule has 3 N–H and O–H groups in total. The van der Waals surface area contributed by atoms with Crippen LogP contribution in [0.3, 0.4) is 0 Å². The summed E-state index contributed by atoms with van der Waals surface area (Å²) in [5.74, 6) is -0.535. The van der Waals surface area contributed by atoms with E-state index >= 15 is 0 Å². The van der Waals surface area contributed by atoms with E-state index in [1.165, 1.54) is 295 Å². The Morgan fingerprint density at radius 3 is 0.704 bits per heavy atom. The zero-order chi connectivity index (χ0) is 79.2. The van der Waals surface area contributed by atoms with Gasteiger partial charge in [-0.3, -0.25) is 37.3 Å². The SMILES string of the molecule is CCCCCCCCCCCCCCCCCCCCCCCCC(=O)O[C@H](COC(=O)CCCCCCCCCCCCCCCCCCCC)COP(=O)(O)OC[C@@H](O)COP(=O)(O)OC[C@@H](COC(=O)CCCCCCCCCCC(C)CC)OC(=O)CCCCCCCCCCCCCCCC(C)C. The number of esters is 4. The van der Waals surface area contributed by atoms with Crippen LogP contribution in [0.25, 0.3) is 0 Å². The normalized spacial score (nSPS) is 14.0. The zero-order valence-corrected chi connectivity index (χ0v) is 73.0. The predicted molar refractivity (Wildman–Crippen MR) is 446 cm³/mol. The molecule has 642 valence electrons. The van der Waals surface area contributed by atoms with Crippen LogP contribution in [0.15, 0.2) is 0 Å². The number of hydrogen-bond donors (Lipinski definition) is 3. The number of hydrogen-bond acceptors (Lipinski definition) is 15. The van der Waals surface area contributed by atoms with Crippen LogP contribution < -0.4 is 0 Å². The third-order valence-corrected chi connectivity index (χ3v) is 23.2. The van der Waals surface area contributed by atoms with E-state index in [0.717, 1.165) is 102 Å². The van der Waals surface area contributed by atoms with Crippen molar-refractivity contribution in [3.8, 4) is 0 Å². The van der Waals surface area contributed by atoms with Gasteiger partial charge in [0, 0.05) is 25.7 Å². The van der Waals surface area contributed by atoms with Gasteiger partial charge in [-0.05, 0) is 37.5 Å².